The van der Waals surface area contributed by atoms with Gasteiger partial charge in [0.2, 0.25) is 0 Å². The molecule has 0 saturated carbocycles. The van der Waals surface area contributed by atoms with E-state index in [0.717, 1.165) is 24.0 Å². The highest BCUT2D eigenvalue weighted by Gasteiger charge is 2.44. The maximum atomic E-state index is 12.1. The van der Waals surface area contributed by atoms with Crippen molar-refractivity contribution in [2.45, 2.75) is 151 Å². The van der Waals surface area contributed by atoms with Crippen molar-refractivity contribution in [2.24, 2.45) is 29.6 Å². The summed E-state index contributed by atoms with van der Waals surface area (Å²) < 4.78 is 26.4. The van der Waals surface area contributed by atoms with Crippen LogP contribution in [0, 0.1) is 29.6 Å². The maximum Gasteiger partial charge on any atom is 0.192 e. The molecule has 0 aliphatic heterocycles. The Labute approximate surface area is 304 Å². The van der Waals surface area contributed by atoms with Crippen molar-refractivity contribution in [3.8, 4) is 5.75 Å². The first-order valence-corrected chi connectivity index (χ1v) is 24.3. The second-order valence-electron chi connectivity index (χ2n) is 17.7. The van der Waals surface area contributed by atoms with E-state index in [-0.39, 0.29) is 58.0 Å². The average molecular weight is 715 g/mol. The highest BCUT2D eigenvalue weighted by molar-refractivity contribution is 6.74. The molecule has 280 valence electrons. The van der Waals surface area contributed by atoms with Gasteiger partial charge in [-0.1, -0.05) is 125 Å². The van der Waals surface area contributed by atoms with E-state index in [2.05, 4.69) is 133 Å². The molecule has 0 amide bonds. The Hall–Kier alpha value is -1.78. The minimum Gasteiger partial charge on any atom is -0.497 e. The molecule has 0 radical (unpaired) electrons. The fraction of sp³-hybridized carbons (Fsp3) is 0.690. The molecule has 1 aromatic carbocycles. The van der Waals surface area contributed by atoms with E-state index in [1.54, 1.807) is 7.11 Å². The summed E-state index contributed by atoms with van der Waals surface area (Å²) in [4.78, 5) is 12.1. The number of allylic oxidation sites excluding steroid dienone is 3. The quantitative estimate of drug-likeness (QED) is 0.0582. The van der Waals surface area contributed by atoms with Crippen LogP contribution < -0.4 is 4.74 Å². The molecule has 5 nitrogen and oxygen atoms in total. The van der Waals surface area contributed by atoms with Crippen LogP contribution in [-0.4, -0.2) is 48.3 Å². The summed E-state index contributed by atoms with van der Waals surface area (Å²) in [6.45, 7) is 40.6. The van der Waals surface area contributed by atoms with Crippen LogP contribution in [-0.2, 0) is 25.0 Å². The zero-order valence-corrected chi connectivity index (χ0v) is 36.5. The van der Waals surface area contributed by atoms with E-state index in [4.69, 9.17) is 18.3 Å². The number of rotatable bonds is 20. The van der Waals surface area contributed by atoms with Gasteiger partial charge in [0.05, 0.1) is 32.0 Å². The lowest BCUT2D eigenvalue weighted by molar-refractivity contribution is -0.113. The molecule has 8 atom stereocenters. The van der Waals surface area contributed by atoms with Crippen molar-refractivity contribution in [1.82, 2.24) is 0 Å². The summed E-state index contributed by atoms with van der Waals surface area (Å²) >= 11 is 0. The normalized spacial score (nSPS) is 18.7. The van der Waals surface area contributed by atoms with Crippen LogP contribution in [0.3, 0.4) is 0 Å². The molecule has 0 saturated heterocycles. The minimum absolute atomic E-state index is 0.0202. The van der Waals surface area contributed by atoms with E-state index >= 15 is 0 Å². The third kappa shape index (κ3) is 13.7. The van der Waals surface area contributed by atoms with Crippen molar-refractivity contribution >= 4 is 22.9 Å². The molecular formula is C42H74O5Si2. The molecule has 0 heterocycles. The van der Waals surface area contributed by atoms with Gasteiger partial charge in [0.1, 0.15) is 12.0 Å². The number of ether oxygens (including phenoxy) is 2. The molecule has 0 N–H and O–H groups in total. The standard InChI is InChI=1S/C42H74O5Si2/c1-19-20-21-31(3)39(45-29-36-22-24-37(44-14)25-23-36)35(7)40(47-49(17,18)42(11,12)13)33(5)27-30(2)26-32(4)38(34(6)28-43)46-48(15,16)41(8,9)10/h19-26,28,31-35,38-40H,1,27,29H2,2-18H3/b21-20-,30-26-/t31-,32-,33-,34-,35+,38+,39-,40+/m0/s1. The largest absolute Gasteiger partial charge is 0.497 e. The Balaban J connectivity index is 3.51. The van der Waals surface area contributed by atoms with Crippen molar-refractivity contribution in [2.75, 3.05) is 7.11 Å². The van der Waals surface area contributed by atoms with Gasteiger partial charge in [-0.2, -0.15) is 0 Å². The van der Waals surface area contributed by atoms with Crippen LogP contribution in [0.2, 0.25) is 36.3 Å². The monoisotopic (exact) mass is 715 g/mol. The summed E-state index contributed by atoms with van der Waals surface area (Å²) in [6.07, 6.45) is 10.1. The summed E-state index contributed by atoms with van der Waals surface area (Å²) in [5.74, 6) is 1.25. The topological polar surface area (TPSA) is 54.0 Å². The molecule has 7 heteroatoms. The zero-order valence-electron chi connectivity index (χ0n) is 34.5. The van der Waals surface area contributed by atoms with Gasteiger partial charge in [-0.05, 0) is 79.1 Å². The second kappa shape index (κ2) is 19.2. The average Bonchev–Trinajstić information content (AvgIpc) is 2.99. The molecule has 0 aliphatic carbocycles. The van der Waals surface area contributed by atoms with Crippen LogP contribution >= 0.6 is 0 Å². The third-order valence-electron chi connectivity index (χ3n) is 11.2. The fourth-order valence-corrected chi connectivity index (χ4v) is 8.97. The van der Waals surface area contributed by atoms with E-state index < -0.39 is 16.6 Å². The van der Waals surface area contributed by atoms with Gasteiger partial charge in [0.15, 0.2) is 16.6 Å². The highest BCUT2D eigenvalue weighted by Crippen LogP contribution is 2.42. The summed E-state index contributed by atoms with van der Waals surface area (Å²) in [7, 11) is -2.53. The fourth-order valence-electron chi connectivity index (χ4n) is 6.03. The Morgan fingerprint density at radius 1 is 0.796 bits per heavy atom. The number of carbonyl (C=O) groups is 1. The van der Waals surface area contributed by atoms with E-state index in [0.29, 0.717) is 6.61 Å². The van der Waals surface area contributed by atoms with Crippen molar-refractivity contribution in [3.63, 3.8) is 0 Å². The predicted octanol–water partition coefficient (Wildman–Crippen LogP) is 11.8. The third-order valence-corrected chi connectivity index (χ3v) is 20.1. The molecule has 0 bridgehead atoms. The molecule has 1 aromatic rings. The molecule has 49 heavy (non-hydrogen) atoms. The summed E-state index contributed by atoms with van der Waals surface area (Å²) in [5.41, 5.74) is 2.41. The maximum absolute atomic E-state index is 12.1. The Morgan fingerprint density at radius 3 is 1.76 bits per heavy atom. The molecule has 0 aliphatic rings. The smallest absolute Gasteiger partial charge is 0.192 e. The lowest BCUT2D eigenvalue weighted by atomic mass is 9.81. The van der Waals surface area contributed by atoms with Crippen LogP contribution in [0.15, 0.2) is 60.7 Å². The van der Waals surface area contributed by atoms with Gasteiger partial charge >= 0.3 is 0 Å². The van der Waals surface area contributed by atoms with Gasteiger partial charge in [0, 0.05) is 17.8 Å². The summed E-state index contributed by atoms with van der Waals surface area (Å²) in [6, 6.07) is 8.11. The number of aldehydes is 1. The van der Waals surface area contributed by atoms with Gasteiger partial charge < -0.3 is 23.1 Å². The Bertz CT molecular complexity index is 1200. The lowest BCUT2D eigenvalue weighted by Gasteiger charge is -2.45. The minimum atomic E-state index is -2.14. The molecule has 0 spiro atoms. The first kappa shape index (κ1) is 45.2. The number of methoxy groups -OCH3 is 1. The van der Waals surface area contributed by atoms with Gasteiger partial charge in [-0.3, -0.25) is 0 Å². The Morgan fingerprint density at radius 2 is 1.31 bits per heavy atom. The molecule has 0 unspecified atom stereocenters. The van der Waals surface area contributed by atoms with E-state index in [9.17, 15) is 4.79 Å². The van der Waals surface area contributed by atoms with Gasteiger partial charge in [0.25, 0.3) is 0 Å². The molecule has 0 aromatic heterocycles. The number of carbonyl (C=O) groups excluding carboxylic acids is 1. The molecule has 1 rings (SSSR count). The predicted molar refractivity (Wildman–Crippen MR) is 215 cm³/mol. The molecular weight excluding hydrogens is 641 g/mol. The van der Waals surface area contributed by atoms with Gasteiger partial charge in [-0.15, -0.1) is 0 Å². The van der Waals surface area contributed by atoms with Crippen molar-refractivity contribution in [3.05, 3.63) is 66.3 Å². The van der Waals surface area contributed by atoms with Crippen LogP contribution in [0.5, 0.6) is 5.75 Å². The van der Waals surface area contributed by atoms with Crippen LogP contribution in [0.4, 0.5) is 0 Å². The number of hydrogen-bond acceptors (Lipinski definition) is 5. The zero-order chi connectivity index (χ0) is 38.0. The first-order chi connectivity index (χ1) is 22.4. The highest BCUT2D eigenvalue weighted by atomic mass is 28.4. The first-order valence-electron chi connectivity index (χ1n) is 18.4. The summed E-state index contributed by atoms with van der Waals surface area (Å²) in [5, 5.41) is 0.131. The van der Waals surface area contributed by atoms with Crippen LogP contribution in [0.1, 0.15) is 95.1 Å². The molecule has 0 fully saturated rings. The van der Waals surface area contributed by atoms with E-state index in [1.165, 1.54) is 5.57 Å². The van der Waals surface area contributed by atoms with Crippen molar-refractivity contribution < 1.29 is 23.1 Å². The number of benzene rings is 1. The SMILES string of the molecule is C=C/C=C\[C@H](C)[C@H](OCc1ccc(OC)cc1)[C@@H](C)[C@H](O[Si](C)(C)C(C)(C)C)[C@@H](C)C/C(C)=C\[C@H](C)[C@@H](O[Si](C)(C)C(C)(C)C)[C@@H](C)C=O. The number of hydrogen-bond donors (Lipinski definition) is 0. The van der Waals surface area contributed by atoms with Crippen molar-refractivity contribution in [1.29, 1.82) is 0 Å². The van der Waals surface area contributed by atoms with E-state index in [1.807, 2.05) is 31.2 Å². The second-order valence-corrected chi connectivity index (χ2v) is 27.2. The van der Waals surface area contributed by atoms with Crippen LogP contribution in [0.25, 0.3) is 0 Å². The van der Waals surface area contributed by atoms with Gasteiger partial charge in [-0.25, -0.2) is 0 Å². The lowest BCUT2D eigenvalue weighted by Crippen LogP contribution is -2.50. The Kier molecular flexibility index (Phi) is 17.7.